The lowest BCUT2D eigenvalue weighted by Crippen LogP contribution is -2.52. The molecule has 2 aromatic carbocycles. The summed E-state index contributed by atoms with van der Waals surface area (Å²) in [5.41, 5.74) is 1.08. The number of unbranched alkanes of at least 4 members (excludes halogenated alkanes) is 1. The zero-order chi connectivity index (χ0) is 29.7. The van der Waals surface area contributed by atoms with Crippen molar-refractivity contribution in [2.24, 2.45) is 0 Å². The molecule has 1 fully saturated rings. The summed E-state index contributed by atoms with van der Waals surface area (Å²) in [7, 11) is 0. The Bertz CT molecular complexity index is 1140. The van der Waals surface area contributed by atoms with Gasteiger partial charge in [0, 0.05) is 13.1 Å². The summed E-state index contributed by atoms with van der Waals surface area (Å²) in [6.07, 6.45) is 1.31. The van der Waals surface area contributed by atoms with Gasteiger partial charge in [0.15, 0.2) is 0 Å². The highest BCUT2D eigenvalue weighted by molar-refractivity contribution is 5.90. The fourth-order valence-electron chi connectivity index (χ4n) is 4.44. The molecule has 10 heteroatoms. The summed E-state index contributed by atoms with van der Waals surface area (Å²) in [5.74, 6) is -0.826. The average molecular weight is 568 g/mol. The first kappa shape index (κ1) is 31.4. The molecule has 0 radical (unpaired) electrons. The molecule has 1 heterocycles. The Balaban J connectivity index is 1.58. The summed E-state index contributed by atoms with van der Waals surface area (Å²) in [6, 6.07) is 17.0. The Labute approximate surface area is 241 Å². The molecule has 2 N–H and O–H groups in total. The number of carbonyl (C=O) groups is 4. The van der Waals surface area contributed by atoms with Gasteiger partial charge in [-0.2, -0.15) is 0 Å². The van der Waals surface area contributed by atoms with Gasteiger partial charge >= 0.3 is 18.2 Å². The molecule has 10 nitrogen and oxygen atoms in total. The SMILES string of the molecule is CC(C)(C)OC(=O)NCCCC[C@H](NC(=O)OCc1ccccc1)C(=O)N1CCC[C@@H]1C(=O)OCc1ccccc1. The van der Waals surface area contributed by atoms with E-state index in [1.165, 1.54) is 4.90 Å². The van der Waals surface area contributed by atoms with Crippen LogP contribution in [0.4, 0.5) is 9.59 Å². The van der Waals surface area contributed by atoms with Crippen LogP contribution < -0.4 is 10.6 Å². The lowest BCUT2D eigenvalue weighted by Gasteiger charge is -2.28. The summed E-state index contributed by atoms with van der Waals surface area (Å²) in [4.78, 5) is 52.6. The quantitative estimate of drug-likeness (QED) is 0.216. The van der Waals surface area contributed by atoms with Crippen molar-refractivity contribution in [1.29, 1.82) is 0 Å². The van der Waals surface area contributed by atoms with Crippen molar-refractivity contribution in [1.82, 2.24) is 15.5 Å². The van der Waals surface area contributed by atoms with Gasteiger partial charge in [0.25, 0.3) is 0 Å². The Hall–Kier alpha value is -4.08. The van der Waals surface area contributed by atoms with E-state index < -0.39 is 35.8 Å². The Kier molecular flexibility index (Phi) is 12.0. The first-order valence-electron chi connectivity index (χ1n) is 14.1. The second-order valence-electron chi connectivity index (χ2n) is 11.0. The molecule has 0 saturated carbocycles. The van der Waals surface area contributed by atoms with Crippen LogP contribution in [0.3, 0.4) is 0 Å². The van der Waals surface area contributed by atoms with Crippen LogP contribution in [0.15, 0.2) is 60.7 Å². The number of amides is 3. The van der Waals surface area contributed by atoms with E-state index in [-0.39, 0.29) is 19.1 Å². The number of nitrogens with zero attached hydrogens (tertiary/aromatic N) is 1. The van der Waals surface area contributed by atoms with Gasteiger partial charge in [0.05, 0.1) is 0 Å². The number of likely N-dealkylation sites (tertiary alicyclic amines) is 1. The number of ether oxygens (including phenoxy) is 3. The van der Waals surface area contributed by atoms with Crippen molar-refractivity contribution in [2.45, 2.75) is 83.8 Å². The third-order valence-electron chi connectivity index (χ3n) is 6.42. The van der Waals surface area contributed by atoms with E-state index in [9.17, 15) is 19.2 Å². The van der Waals surface area contributed by atoms with Crippen LogP contribution in [0.2, 0.25) is 0 Å². The molecule has 222 valence electrons. The van der Waals surface area contributed by atoms with E-state index in [1.54, 1.807) is 20.8 Å². The zero-order valence-electron chi connectivity index (χ0n) is 24.1. The van der Waals surface area contributed by atoms with Crippen molar-refractivity contribution < 1.29 is 33.4 Å². The maximum atomic E-state index is 13.6. The van der Waals surface area contributed by atoms with Crippen LogP contribution in [0, 0.1) is 0 Å². The Morgan fingerprint density at radius 3 is 2.10 bits per heavy atom. The molecule has 0 spiro atoms. The minimum Gasteiger partial charge on any atom is -0.459 e. The van der Waals surface area contributed by atoms with Crippen LogP contribution in [-0.4, -0.2) is 59.7 Å². The topological polar surface area (TPSA) is 123 Å². The maximum Gasteiger partial charge on any atom is 0.408 e. The van der Waals surface area contributed by atoms with E-state index in [0.717, 1.165) is 11.1 Å². The number of benzene rings is 2. The number of carbonyl (C=O) groups excluding carboxylic acids is 4. The fourth-order valence-corrected chi connectivity index (χ4v) is 4.44. The zero-order valence-corrected chi connectivity index (χ0v) is 24.1. The second-order valence-corrected chi connectivity index (χ2v) is 11.0. The van der Waals surface area contributed by atoms with Gasteiger partial charge in [-0.25, -0.2) is 14.4 Å². The van der Waals surface area contributed by atoms with Crippen LogP contribution in [0.5, 0.6) is 0 Å². The van der Waals surface area contributed by atoms with Crippen molar-refractivity contribution in [2.75, 3.05) is 13.1 Å². The number of nitrogens with one attached hydrogen (secondary N) is 2. The number of alkyl carbamates (subject to hydrolysis) is 2. The highest BCUT2D eigenvalue weighted by Crippen LogP contribution is 2.21. The molecule has 3 rings (SSSR count). The molecule has 0 aromatic heterocycles. The lowest BCUT2D eigenvalue weighted by molar-refractivity contribution is -0.155. The smallest absolute Gasteiger partial charge is 0.408 e. The van der Waals surface area contributed by atoms with Crippen LogP contribution >= 0.6 is 0 Å². The highest BCUT2D eigenvalue weighted by Gasteiger charge is 2.38. The Morgan fingerprint density at radius 1 is 0.878 bits per heavy atom. The molecular formula is C31H41N3O7. The normalized spacial score (nSPS) is 15.5. The molecule has 2 aromatic rings. The lowest BCUT2D eigenvalue weighted by atomic mass is 10.1. The van der Waals surface area contributed by atoms with Crippen molar-refractivity contribution in [3.8, 4) is 0 Å². The van der Waals surface area contributed by atoms with Crippen molar-refractivity contribution in [3.63, 3.8) is 0 Å². The third-order valence-corrected chi connectivity index (χ3v) is 6.42. The predicted molar refractivity (Wildman–Crippen MR) is 153 cm³/mol. The molecule has 2 atom stereocenters. The summed E-state index contributed by atoms with van der Waals surface area (Å²) in [5, 5.41) is 5.39. The van der Waals surface area contributed by atoms with Crippen molar-refractivity contribution in [3.05, 3.63) is 71.8 Å². The monoisotopic (exact) mass is 567 g/mol. The molecule has 41 heavy (non-hydrogen) atoms. The van der Waals surface area contributed by atoms with Gasteiger partial charge in [-0.3, -0.25) is 4.79 Å². The van der Waals surface area contributed by atoms with Gasteiger partial charge in [0.1, 0.15) is 30.9 Å². The van der Waals surface area contributed by atoms with Gasteiger partial charge in [-0.05, 0) is 64.0 Å². The van der Waals surface area contributed by atoms with Crippen molar-refractivity contribution >= 4 is 24.1 Å². The average Bonchev–Trinajstić information content (AvgIpc) is 3.44. The van der Waals surface area contributed by atoms with E-state index >= 15 is 0 Å². The molecular weight excluding hydrogens is 526 g/mol. The van der Waals surface area contributed by atoms with E-state index in [1.807, 2.05) is 60.7 Å². The van der Waals surface area contributed by atoms with Gasteiger partial charge < -0.3 is 29.7 Å². The van der Waals surface area contributed by atoms with Gasteiger partial charge in [-0.15, -0.1) is 0 Å². The molecule has 1 saturated heterocycles. The number of hydrogen-bond donors (Lipinski definition) is 2. The molecule has 3 amide bonds. The maximum absolute atomic E-state index is 13.6. The van der Waals surface area contributed by atoms with Gasteiger partial charge in [0.2, 0.25) is 5.91 Å². The number of rotatable bonds is 12. The van der Waals surface area contributed by atoms with E-state index in [4.69, 9.17) is 14.2 Å². The summed E-state index contributed by atoms with van der Waals surface area (Å²) in [6.45, 7) is 6.28. The minimum absolute atomic E-state index is 0.0611. The first-order valence-corrected chi connectivity index (χ1v) is 14.1. The Morgan fingerprint density at radius 2 is 1.49 bits per heavy atom. The van der Waals surface area contributed by atoms with E-state index in [2.05, 4.69) is 10.6 Å². The largest absolute Gasteiger partial charge is 0.459 e. The summed E-state index contributed by atoms with van der Waals surface area (Å²) >= 11 is 0. The van der Waals surface area contributed by atoms with Crippen LogP contribution in [0.1, 0.15) is 64.0 Å². The van der Waals surface area contributed by atoms with Crippen LogP contribution in [-0.2, 0) is 37.0 Å². The summed E-state index contributed by atoms with van der Waals surface area (Å²) < 4.78 is 16.1. The molecule has 0 unspecified atom stereocenters. The standard InChI is InChI=1S/C31H41N3O7/c1-31(2,3)41-29(37)32-19-11-10-17-25(33-30(38)40-22-24-15-8-5-9-16-24)27(35)34-20-12-18-26(34)28(36)39-21-23-13-6-4-7-14-23/h4-9,13-16,25-26H,10-12,17-22H2,1-3H3,(H,32,37)(H,33,38)/t25-,26+/m0/s1. The number of esters is 1. The molecule has 0 aliphatic carbocycles. The molecule has 0 bridgehead atoms. The number of hydrogen-bond acceptors (Lipinski definition) is 7. The highest BCUT2D eigenvalue weighted by atomic mass is 16.6. The second kappa shape index (κ2) is 15.6. The predicted octanol–water partition coefficient (Wildman–Crippen LogP) is 4.71. The van der Waals surface area contributed by atoms with Crippen LogP contribution in [0.25, 0.3) is 0 Å². The fraction of sp³-hybridized carbons (Fsp3) is 0.484. The molecule has 1 aliphatic heterocycles. The van der Waals surface area contributed by atoms with E-state index in [0.29, 0.717) is 45.2 Å². The first-order chi connectivity index (χ1) is 19.6. The minimum atomic E-state index is -0.901. The van der Waals surface area contributed by atoms with Gasteiger partial charge in [-0.1, -0.05) is 60.7 Å². The third kappa shape index (κ3) is 11.1. The molecule has 1 aliphatic rings.